The van der Waals surface area contributed by atoms with Crippen molar-refractivity contribution < 1.29 is 17.9 Å². The highest BCUT2D eigenvalue weighted by atomic mass is 19.2. The highest BCUT2D eigenvalue weighted by Crippen LogP contribution is 2.44. The van der Waals surface area contributed by atoms with E-state index in [0.29, 0.717) is 25.9 Å². The van der Waals surface area contributed by atoms with Crippen LogP contribution in [-0.2, 0) is 4.74 Å². The Morgan fingerprint density at radius 1 is 0.909 bits per heavy atom. The predicted molar refractivity (Wildman–Crippen MR) is 83.2 cm³/mol. The maximum absolute atomic E-state index is 14.5. The summed E-state index contributed by atoms with van der Waals surface area (Å²) in [6, 6.07) is 0. The van der Waals surface area contributed by atoms with E-state index in [1.54, 1.807) is 0 Å². The minimum atomic E-state index is -1.41. The SMILES string of the molecule is CCCOC1CCC(C2CCC(CCC)C(F)C2F)CC1F. The first kappa shape index (κ1) is 18.1. The van der Waals surface area contributed by atoms with Crippen molar-refractivity contribution in [2.75, 3.05) is 6.61 Å². The fraction of sp³-hybridized carbons (Fsp3) is 1.00. The lowest BCUT2D eigenvalue weighted by molar-refractivity contribution is -0.0656. The molecule has 7 unspecified atom stereocenters. The molecule has 0 aliphatic heterocycles. The van der Waals surface area contributed by atoms with E-state index in [1.807, 2.05) is 13.8 Å². The number of halogens is 3. The molecule has 0 aromatic heterocycles. The minimum absolute atomic E-state index is 0.0210. The number of hydrogen-bond donors (Lipinski definition) is 0. The zero-order valence-corrected chi connectivity index (χ0v) is 13.9. The van der Waals surface area contributed by atoms with Gasteiger partial charge in [-0.1, -0.05) is 20.3 Å². The van der Waals surface area contributed by atoms with Crippen molar-refractivity contribution in [1.29, 1.82) is 0 Å². The number of ether oxygens (including phenoxy) is 1. The molecule has 130 valence electrons. The Bertz CT molecular complexity index is 325. The third-order valence-corrected chi connectivity index (χ3v) is 5.59. The third kappa shape index (κ3) is 4.18. The van der Waals surface area contributed by atoms with E-state index < -0.39 is 18.5 Å². The maximum atomic E-state index is 14.5. The van der Waals surface area contributed by atoms with Crippen LogP contribution in [0.5, 0.6) is 0 Å². The lowest BCUT2D eigenvalue weighted by Gasteiger charge is -2.42. The van der Waals surface area contributed by atoms with E-state index in [9.17, 15) is 13.2 Å². The van der Waals surface area contributed by atoms with Gasteiger partial charge >= 0.3 is 0 Å². The molecule has 7 atom stereocenters. The van der Waals surface area contributed by atoms with Crippen molar-refractivity contribution in [3.05, 3.63) is 0 Å². The van der Waals surface area contributed by atoms with Crippen LogP contribution in [-0.4, -0.2) is 31.2 Å². The number of hydrogen-bond acceptors (Lipinski definition) is 1. The first-order valence-corrected chi connectivity index (χ1v) is 9.12. The van der Waals surface area contributed by atoms with Crippen molar-refractivity contribution >= 4 is 0 Å². The van der Waals surface area contributed by atoms with Crippen molar-refractivity contribution in [2.45, 2.75) is 89.8 Å². The molecule has 0 amide bonds. The monoisotopic (exact) mass is 320 g/mol. The Hall–Kier alpha value is -0.250. The topological polar surface area (TPSA) is 9.23 Å². The Morgan fingerprint density at radius 2 is 1.68 bits per heavy atom. The summed E-state index contributed by atoms with van der Waals surface area (Å²) in [4.78, 5) is 0. The number of alkyl halides is 3. The zero-order valence-electron chi connectivity index (χ0n) is 13.9. The molecule has 0 aromatic carbocycles. The van der Waals surface area contributed by atoms with E-state index in [4.69, 9.17) is 4.74 Å². The van der Waals surface area contributed by atoms with Gasteiger partial charge in [0.2, 0.25) is 0 Å². The van der Waals surface area contributed by atoms with Crippen LogP contribution in [0.1, 0.15) is 65.2 Å². The van der Waals surface area contributed by atoms with Crippen LogP contribution >= 0.6 is 0 Å². The van der Waals surface area contributed by atoms with E-state index in [2.05, 4.69) is 0 Å². The van der Waals surface area contributed by atoms with Gasteiger partial charge in [-0.25, -0.2) is 13.2 Å². The third-order valence-electron chi connectivity index (χ3n) is 5.59. The van der Waals surface area contributed by atoms with Gasteiger partial charge < -0.3 is 4.74 Å². The Kier molecular flexibility index (Phi) is 7.04. The summed E-state index contributed by atoms with van der Waals surface area (Å²) in [6.07, 6.45) is 1.63. The minimum Gasteiger partial charge on any atom is -0.375 e. The predicted octanol–water partition coefficient (Wildman–Crippen LogP) is 5.42. The molecule has 0 aromatic rings. The van der Waals surface area contributed by atoms with E-state index in [1.165, 1.54) is 0 Å². The first-order chi connectivity index (χ1) is 10.6. The molecular weight excluding hydrogens is 289 g/mol. The van der Waals surface area contributed by atoms with Crippen molar-refractivity contribution in [2.24, 2.45) is 17.8 Å². The van der Waals surface area contributed by atoms with Crippen LogP contribution < -0.4 is 0 Å². The highest BCUT2D eigenvalue weighted by Gasteiger charge is 2.45. The fourth-order valence-corrected chi connectivity index (χ4v) is 4.36. The Morgan fingerprint density at radius 3 is 2.32 bits per heavy atom. The van der Waals surface area contributed by atoms with Crippen molar-refractivity contribution in [3.63, 3.8) is 0 Å². The highest BCUT2D eigenvalue weighted by molar-refractivity contribution is 4.94. The van der Waals surface area contributed by atoms with Crippen LogP contribution in [0.4, 0.5) is 13.2 Å². The normalized spacial score (nSPS) is 43.2. The van der Waals surface area contributed by atoms with Gasteiger partial charge in [0.25, 0.3) is 0 Å². The molecule has 0 radical (unpaired) electrons. The molecule has 0 heterocycles. The molecule has 2 aliphatic carbocycles. The summed E-state index contributed by atoms with van der Waals surface area (Å²) >= 11 is 0. The van der Waals surface area contributed by atoms with Crippen molar-refractivity contribution in [1.82, 2.24) is 0 Å². The fourth-order valence-electron chi connectivity index (χ4n) is 4.36. The van der Waals surface area contributed by atoms with Gasteiger partial charge in [0, 0.05) is 6.61 Å². The summed E-state index contributed by atoms with van der Waals surface area (Å²) in [5.41, 5.74) is 0. The molecule has 2 rings (SSSR count). The Labute approximate surface area is 133 Å². The van der Waals surface area contributed by atoms with Gasteiger partial charge in [-0.05, 0) is 62.7 Å². The van der Waals surface area contributed by atoms with Crippen LogP contribution in [0, 0.1) is 17.8 Å². The van der Waals surface area contributed by atoms with Crippen molar-refractivity contribution in [3.8, 4) is 0 Å². The molecule has 0 saturated heterocycles. The van der Waals surface area contributed by atoms with E-state index in [0.717, 1.165) is 32.1 Å². The first-order valence-electron chi connectivity index (χ1n) is 9.12. The average Bonchev–Trinajstić information content (AvgIpc) is 2.51. The van der Waals surface area contributed by atoms with Crippen LogP contribution in [0.3, 0.4) is 0 Å². The van der Waals surface area contributed by atoms with Gasteiger partial charge in [-0.3, -0.25) is 0 Å². The smallest absolute Gasteiger partial charge is 0.134 e. The second-order valence-corrected chi connectivity index (χ2v) is 7.18. The van der Waals surface area contributed by atoms with E-state index >= 15 is 0 Å². The van der Waals surface area contributed by atoms with Gasteiger partial charge in [0.05, 0.1) is 6.10 Å². The summed E-state index contributed by atoms with van der Waals surface area (Å²) in [5, 5.41) is 0. The molecule has 1 nitrogen and oxygen atoms in total. The summed E-state index contributed by atoms with van der Waals surface area (Å²) in [6.45, 7) is 4.59. The van der Waals surface area contributed by atoms with Gasteiger partial charge in [-0.15, -0.1) is 0 Å². The van der Waals surface area contributed by atoms with Crippen LogP contribution in [0.2, 0.25) is 0 Å². The zero-order chi connectivity index (χ0) is 16.1. The summed E-state index contributed by atoms with van der Waals surface area (Å²) < 4.78 is 48.6. The van der Waals surface area contributed by atoms with Crippen LogP contribution in [0.15, 0.2) is 0 Å². The lowest BCUT2D eigenvalue weighted by atomic mass is 9.68. The quantitative estimate of drug-likeness (QED) is 0.635. The number of rotatable bonds is 6. The molecule has 2 aliphatic rings. The Balaban J connectivity index is 1.88. The van der Waals surface area contributed by atoms with Gasteiger partial charge in [-0.2, -0.15) is 0 Å². The summed E-state index contributed by atoms with van der Waals surface area (Å²) in [5.74, 6) is -0.456. The molecule has 0 bridgehead atoms. The lowest BCUT2D eigenvalue weighted by Crippen LogP contribution is -2.44. The molecule has 2 fully saturated rings. The molecule has 0 N–H and O–H groups in total. The van der Waals surface area contributed by atoms with Gasteiger partial charge in [0.15, 0.2) is 0 Å². The summed E-state index contributed by atoms with van der Waals surface area (Å²) in [7, 11) is 0. The molecule has 4 heteroatoms. The molecule has 22 heavy (non-hydrogen) atoms. The standard InChI is InChI=1S/C18H31F3O/c1-3-5-12-6-8-14(18(21)17(12)20)13-7-9-16(15(19)11-13)22-10-4-2/h12-18H,3-11H2,1-2H3. The molecule has 0 spiro atoms. The second-order valence-electron chi connectivity index (χ2n) is 7.18. The van der Waals surface area contributed by atoms with E-state index in [-0.39, 0.29) is 23.9 Å². The largest absolute Gasteiger partial charge is 0.375 e. The molecule has 2 saturated carbocycles. The molecular formula is C18H31F3O. The average molecular weight is 320 g/mol. The van der Waals surface area contributed by atoms with Gasteiger partial charge in [0.1, 0.15) is 18.5 Å². The second kappa shape index (κ2) is 8.56. The maximum Gasteiger partial charge on any atom is 0.134 e. The van der Waals surface area contributed by atoms with Crippen LogP contribution in [0.25, 0.3) is 0 Å².